The molecule has 3 rings (SSSR count). The summed E-state index contributed by atoms with van der Waals surface area (Å²) >= 11 is 0. The number of rotatable bonds is 4. The highest BCUT2D eigenvalue weighted by molar-refractivity contribution is 4.94. The highest BCUT2D eigenvalue weighted by Crippen LogP contribution is 2.28. The molecule has 1 aliphatic carbocycles. The third kappa shape index (κ3) is 3.85. The van der Waals surface area contributed by atoms with Gasteiger partial charge in [-0.25, -0.2) is 4.68 Å². The molecule has 2 fully saturated rings. The fraction of sp³-hybridized carbons (Fsp3) is 0.882. The standard InChI is InChI=1S/C17H30N4/c1-2-7-15-14-21(19-18-15)17-10-12-20(13-11-17)16-8-5-3-4-6-9-16/h14,16-17H,2-13H2,1H3. The van der Waals surface area contributed by atoms with E-state index in [2.05, 4.69) is 33.0 Å². The molecule has 1 saturated carbocycles. The number of aryl methyl sites for hydroxylation is 1. The van der Waals surface area contributed by atoms with Crippen LogP contribution < -0.4 is 0 Å². The maximum Gasteiger partial charge on any atom is 0.0827 e. The topological polar surface area (TPSA) is 34.0 Å². The Hall–Kier alpha value is -0.900. The van der Waals surface area contributed by atoms with Gasteiger partial charge in [0.1, 0.15) is 0 Å². The zero-order chi connectivity index (χ0) is 14.5. The molecule has 0 bridgehead atoms. The Morgan fingerprint density at radius 2 is 1.71 bits per heavy atom. The number of hydrogen-bond donors (Lipinski definition) is 0. The second kappa shape index (κ2) is 7.39. The van der Waals surface area contributed by atoms with E-state index in [1.165, 1.54) is 64.5 Å². The van der Waals surface area contributed by atoms with Crippen molar-refractivity contribution in [3.05, 3.63) is 11.9 Å². The van der Waals surface area contributed by atoms with Gasteiger partial charge in [-0.05, 0) is 32.1 Å². The van der Waals surface area contributed by atoms with Gasteiger partial charge in [-0.2, -0.15) is 0 Å². The molecular weight excluding hydrogens is 260 g/mol. The number of likely N-dealkylation sites (tertiary alicyclic amines) is 1. The van der Waals surface area contributed by atoms with E-state index in [1.54, 1.807) is 0 Å². The summed E-state index contributed by atoms with van der Waals surface area (Å²) in [7, 11) is 0. The van der Waals surface area contributed by atoms with E-state index in [4.69, 9.17) is 0 Å². The summed E-state index contributed by atoms with van der Waals surface area (Å²) in [5.74, 6) is 0. The second-order valence-corrected chi connectivity index (χ2v) is 6.85. The van der Waals surface area contributed by atoms with Gasteiger partial charge in [0.15, 0.2) is 0 Å². The van der Waals surface area contributed by atoms with Crippen molar-refractivity contribution < 1.29 is 0 Å². The SMILES string of the molecule is CCCc1cn(C2CCN(C3CCCCCC3)CC2)nn1. The first kappa shape index (κ1) is 15.0. The van der Waals surface area contributed by atoms with E-state index >= 15 is 0 Å². The molecule has 1 aromatic heterocycles. The van der Waals surface area contributed by atoms with E-state index in [0.717, 1.165) is 24.6 Å². The van der Waals surface area contributed by atoms with Crippen LogP contribution in [0.4, 0.5) is 0 Å². The lowest BCUT2D eigenvalue weighted by Crippen LogP contribution is -2.41. The van der Waals surface area contributed by atoms with Crippen molar-refractivity contribution in [3.8, 4) is 0 Å². The summed E-state index contributed by atoms with van der Waals surface area (Å²) < 4.78 is 2.13. The Labute approximate surface area is 128 Å². The summed E-state index contributed by atoms with van der Waals surface area (Å²) in [6, 6.07) is 1.44. The fourth-order valence-corrected chi connectivity index (χ4v) is 4.00. The maximum absolute atomic E-state index is 4.36. The molecule has 1 saturated heterocycles. The van der Waals surface area contributed by atoms with Crippen LogP contribution in [0.2, 0.25) is 0 Å². The summed E-state index contributed by atoms with van der Waals surface area (Å²) in [6.45, 7) is 4.70. The molecule has 4 nitrogen and oxygen atoms in total. The molecule has 118 valence electrons. The minimum Gasteiger partial charge on any atom is -0.300 e. The molecule has 4 heteroatoms. The lowest BCUT2D eigenvalue weighted by atomic mass is 10.00. The van der Waals surface area contributed by atoms with E-state index in [9.17, 15) is 0 Å². The Balaban J connectivity index is 1.51. The van der Waals surface area contributed by atoms with E-state index in [1.807, 2.05) is 0 Å². The van der Waals surface area contributed by atoms with Crippen molar-refractivity contribution in [1.29, 1.82) is 0 Å². The van der Waals surface area contributed by atoms with Crippen molar-refractivity contribution in [2.45, 2.75) is 83.2 Å². The van der Waals surface area contributed by atoms with Crippen LogP contribution >= 0.6 is 0 Å². The van der Waals surface area contributed by atoms with Crippen molar-refractivity contribution in [2.24, 2.45) is 0 Å². The molecule has 0 radical (unpaired) electrons. The molecule has 0 unspecified atom stereocenters. The first-order chi connectivity index (χ1) is 10.4. The number of nitrogens with zero attached hydrogens (tertiary/aromatic N) is 4. The van der Waals surface area contributed by atoms with Crippen LogP contribution in [0.25, 0.3) is 0 Å². The van der Waals surface area contributed by atoms with Crippen LogP contribution in [0.5, 0.6) is 0 Å². The lowest BCUT2D eigenvalue weighted by Gasteiger charge is -2.37. The Kier molecular flexibility index (Phi) is 5.28. The highest BCUT2D eigenvalue weighted by Gasteiger charge is 2.26. The van der Waals surface area contributed by atoms with E-state index in [-0.39, 0.29) is 0 Å². The Morgan fingerprint density at radius 3 is 2.38 bits per heavy atom. The van der Waals surface area contributed by atoms with Gasteiger partial charge in [-0.15, -0.1) is 5.10 Å². The molecule has 0 N–H and O–H groups in total. The van der Waals surface area contributed by atoms with Crippen molar-refractivity contribution in [1.82, 2.24) is 19.9 Å². The summed E-state index contributed by atoms with van der Waals surface area (Å²) in [5, 5.41) is 8.66. The van der Waals surface area contributed by atoms with Gasteiger partial charge in [0, 0.05) is 25.3 Å². The fourth-order valence-electron chi connectivity index (χ4n) is 4.00. The molecule has 0 amide bonds. The average molecular weight is 290 g/mol. The van der Waals surface area contributed by atoms with Crippen LogP contribution in [0.15, 0.2) is 6.20 Å². The van der Waals surface area contributed by atoms with Gasteiger partial charge < -0.3 is 4.90 Å². The van der Waals surface area contributed by atoms with Crippen LogP contribution in [-0.2, 0) is 6.42 Å². The first-order valence-electron chi connectivity index (χ1n) is 9.01. The zero-order valence-electron chi connectivity index (χ0n) is 13.5. The lowest BCUT2D eigenvalue weighted by molar-refractivity contribution is 0.119. The third-order valence-electron chi connectivity index (χ3n) is 5.28. The minimum atomic E-state index is 0.574. The Bertz CT molecular complexity index is 412. The average Bonchev–Trinajstić information content (AvgIpc) is 2.82. The molecule has 0 aromatic carbocycles. The normalized spacial score (nSPS) is 23.3. The predicted octanol–water partition coefficient (Wildman–Crippen LogP) is 3.59. The zero-order valence-corrected chi connectivity index (χ0v) is 13.5. The maximum atomic E-state index is 4.36. The molecule has 1 aromatic rings. The smallest absolute Gasteiger partial charge is 0.0827 e. The van der Waals surface area contributed by atoms with E-state index < -0.39 is 0 Å². The minimum absolute atomic E-state index is 0.574. The van der Waals surface area contributed by atoms with Gasteiger partial charge in [-0.3, -0.25) is 0 Å². The molecule has 0 spiro atoms. The van der Waals surface area contributed by atoms with Crippen LogP contribution in [0, 0.1) is 0 Å². The van der Waals surface area contributed by atoms with Gasteiger partial charge in [0.05, 0.1) is 11.7 Å². The van der Waals surface area contributed by atoms with Crippen molar-refractivity contribution in [2.75, 3.05) is 13.1 Å². The van der Waals surface area contributed by atoms with Crippen LogP contribution in [-0.4, -0.2) is 39.0 Å². The monoisotopic (exact) mass is 290 g/mol. The first-order valence-corrected chi connectivity index (χ1v) is 9.01. The summed E-state index contributed by atoms with van der Waals surface area (Å²) in [5.41, 5.74) is 1.16. The van der Waals surface area contributed by atoms with Gasteiger partial charge >= 0.3 is 0 Å². The third-order valence-corrected chi connectivity index (χ3v) is 5.28. The van der Waals surface area contributed by atoms with Gasteiger partial charge in [0.25, 0.3) is 0 Å². The molecule has 0 atom stereocenters. The highest BCUT2D eigenvalue weighted by atomic mass is 15.4. The number of aromatic nitrogens is 3. The quantitative estimate of drug-likeness (QED) is 0.795. The predicted molar refractivity (Wildman–Crippen MR) is 85.4 cm³/mol. The Morgan fingerprint density at radius 1 is 1.00 bits per heavy atom. The number of hydrogen-bond acceptors (Lipinski definition) is 3. The summed E-state index contributed by atoms with van der Waals surface area (Å²) in [4.78, 5) is 2.76. The molecule has 2 heterocycles. The second-order valence-electron chi connectivity index (χ2n) is 6.85. The van der Waals surface area contributed by atoms with Crippen LogP contribution in [0.1, 0.15) is 76.4 Å². The van der Waals surface area contributed by atoms with E-state index in [0.29, 0.717) is 6.04 Å². The van der Waals surface area contributed by atoms with Gasteiger partial charge in [-0.1, -0.05) is 44.2 Å². The van der Waals surface area contributed by atoms with Crippen molar-refractivity contribution >= 4 is 0 Å². The largest absolute Gasteiger partial charge is 0.300 e. The molecule has 2 aliphatic rings. The molecule has 1 aliphatic heterocycles. The van der Waals surface area contributed by atoms with Gasteiger partial charge in [0.2, 0.25) is 0 Å². The molecular formula is C17H30N4. The van der Waals surface area contributed by atoms with Crippen molar-refractivity contribution in [3.63, 3.8) is 0 Å². The summed E-state index contributed by atoms with van der Waals surface area (Å²) in [6.07, 6.45) is 15.5. The molecule has 21 heavy (non-hydrogen) atoms. The van der Waals surface area contributed by atoms with Crippen LogP contribution in [0.3, 0.4) is 0 Å². The number of piperidine rings is 1.